The smallest absolute Gasteiger partial charge is 0.308 e. The van der Waals surface area contributed by atoms with Gasteiger partial charge in [0.15, 0.2) is 6.29 Å². The van der Waals surface area contributed by atoms with Crippen molar-refractivity contribution in [3.8, 4) is 0 Å². The van der Waals surface area contributed by atoms with Gasteiger partial charge in [-0.05, 0) is 58.8 Å². The fraction of sp³-hybridized carbons (Fsp3) is 0.944. The maximum Gasteiger partial charge on any atom is 0.308 e. The summed E-state index contributed by atoms with van der Waals surface area (Å²) in [4.78, 5) is 12.2. The fourth-order valence-corrected chi connectivity index (χ4v) is 3.39. The van der Waals surface area contributed by atoms with E-state index < -0.39 is 5.60 Å². The van der Waals surface area contributed by atoms with E-state index in [0.29, 0.717) is 12.3 Å². The van der Waals surface area contributed by atoms with Crippen LogP contribution in [0, 0.1) is 5.92 Å². The molecule has 0 aromatic rings. The first-order chi connectivity index (χ1) is 10.4. The van der Waals surface area contributed by atoms with Gasteiger partial charge >= 0.3 is 5.97 Å². The first kappa shape index (κ1) is 17.7. The Hall–Kier alpha value is -0.610. The summed E-state index contributed by atoms with van der Waals surface area (Å²) in [5.41, 5.74) is -0.435. The van der Waals surface area contributed by atoms with Crippen molar-refractivity contribution in [1.82, 2.24) is 0 Å². The average Bonchev–Trinajstić information content (AvgIpc) is 2.47. The molecule has 0 amide bonds. The van der Waals surface area contributed by atoms with E-state index in [9.17, 15) is 4.79 Å². The third-order valence-corrected chi connectivity index (χ3v) is 4.43. The minimum Gasteiger partial charge on any atom is -0.460 e. The van der Waals surface area contributed by atoms with Gasteiger partial charge in [-0.2, -0.15) is 0 Å². The molecule has 2 atom stereocenters. The Kier molecular flexibility index (Phi) is 6.69. The predicted octanol–water partition coefficient (Wildman–Crippen LogP) is 4.21. The lowest BCUT2D eigenvalue weighted by Crippen LogP contribution is -2.36. The molecule has 0 aromatic heterocycles. The third kappa shape index (κ3) is 6.25. The highest BCUT2D eigenvalue weighted by Crippen LogP contribution is 2.32. The maximum atomic E-state index is 12.2. The molecular weight excluding hydrogens is 280 g/mol. The highest BCUT2D eigenvalue weighted by molar-refractivity contribution is 5.70. The zero-order valence-corrected chi connectivity index (χ0v) is 14.4. The fourth-order valence-electron chi connectivity index (χ4n) is 3.39. The van der Waals surface area contributed by atoms with Gasteiger partial charge in [0.2, 0.25) is 0 Å². The first-order valence-corrected chi connectivity index (χ1v) is 8.93. The predicted molar refractivity (Wildman–Crippen MR) is 85.5 cm³/mol. The summed E-state index contributed by atoms with van der Waals surface area (Å²) in [6.07, 6.45) is 9.44. The van der Waals surface area contributed by atoms with E-state index in [4.69, 9.17) is 14.2 Å². The number of hydrogen-bond acceptors (Lipinski definition) is 4. The average molecular weight is 312 g/mol. The molecule has 2 fully saturated rings. The van der Waals surface area contributed by atoms with Crippen molar-refractivity contribution >= 4 is 5.97 Å². The normalized spacial score (nSPS) is 25.7. The van der Waals surface area contributed by atoms with Gasteiger partial charge in [-0.15, -0.1) is 0 Å². The Morgan fingerprint density at radius 1 is 1.09 bits per heavy atom. The molecule has 1 heterocycles. The Bertz CT molecular complexity index is 335. The van der Waals surface area contributed by atoms with Gasteiger partial charge in [0.05, 0.1) is 12.5 Å². The summed E-state index contributed by atoms with van der Waals surface area (Å²) in [5, 5.41) is 0. The Labute approximate surface area is 134 Å². The molecule has 2 rings (SSSR count). The van der Waals surface area contributed by atoms with E-state index in [2.05, 4.69) is 0 Å². The zero-order valence-electron chi connectivity index (χ0n) is 14.4. The van der Waals surface area contributed by atoms with Crippen LogP contribution in [-0.2, 0) is 19.0 Å². The van der Waals surface area contributed by atoms with Crippen molar-refractivity contribution < 1.29 is 19.0 Å². The lowest BCUT2D eigenvalue weighted by molar-refractivity contribution is -0.206. The van der Waals surface area contributed by atoms with Crippen LogP contribution in [0.3, 0.4) is 0 Å². The SMILES string of the molecule is CC(C)(C)OC(=O)C[C@H](OC1CCCCO1)C1CCCCC1. The third-order valence-electron chi connectivity index (χ3n) is 4.43. The van der Waals surface area contributed by atoms with Crippen LogP contribution in [0.15, 0.2) is 0 Å². The van der Waals surface area contributed by atoms with Crippen molar-refractivity contribution in [3.63, 3.8) is 0 Å². The molecule has 1 saturated carbocycles. The standard InChI is InChI=1S/C18H32O4/c1-18(2,3)22-16(19)13-15(14-9-5-4-6-10-14)21-17-11-7-8-12-20-17/h14-15,17H,4-13H2,1-3H3/t15-,17?/m0/s1. The van der Waals surface area contributed by atoms with Gasteiger partial charge < -0.3 is 14.2 Å². The van der Waals surface area contributed by atoms with Crippen LogP contribution >= 0.6 is 0 Å². The van der Waals surface area contributed by atoms with E-state index in [1.165, 1.54) is 19.3 Å². The van der Waals surface area contributed by atoms with E-state index in [-0.39, 0.29) is 18.4 Å². The van der Waals surface area contributed by atoms with Gasteiger partial charge in [-0.3, -0.25) is 4.79 Å². The van der Waals surface area contributed by atoms with Crippen molar-refractivity contribution in [2.24, 2.45) is 5.92 Å². The van der Waals surface area contributed by atoms with Gasteiger partial charge in [-0.25, -0.2) is 0 Å². The van der Waals surface area contributed by atoms with Gasteiger partial charge in [0.25, 0.3) is 0 Å². The Balaban J connectivity index is 1.92. The summed E-state index contributed by atoms with van der Waals surface area (Å²) in [5.74, 6) is 0.311. The lowest BCUT2D eigenvalue weighted by Gasteiger charge is -2.34. The second-order valence-corrected chi connectivity index (χ2v) is 7.66. The second kappa shape index (κ2) is 8.30. The summed E-state index contributed by atoms with van der Waals surface area (Å²) in [7, 11) is 0. The molecule has 0 N–H and O–H groups in total. The molecule has 1 aliphatic heterocycles. The largest absolute Gasteiger partial charge is 0.460 e. The van der Waals surface area contributed by atoms with Crippen molar-refractivity contribution in [3.05, 3.63) is 0 Å². The molecule has 0 radical (unpaired) electrons. The van der Waals surface area contributed by atoms with E-state index in [1.54, 1.807) is 0 Å². The van der Waals surface area contributed by atoms with Crippen molar-refractivity contribution in [2.75, 3.05) is 6.61 Å². The molecule has 1 unspecified atom stereocenters. The number of hydrogen-bond donors (Lipinski definition) is 0. The second-order valence-electron chi connectivity index (χ2n) is 7.66. The number of carbonyl (C=O) groups is 1. The topological polar surface area (TPSA) is 44.8 Å². The molecule has 0 bridgehead atoms. The number of carbonyl (C=O) groups excluding carboxylic acids is 1. The van der Waals surface area contributed by atoms with E-state index in [0.717, 1.165) is 38.7 Å². The molecule has 4 heteroatoms. The number of esters is 1. The minimum atomic E-state index is -0.435. The highest BCUT2D eigenvalue weighted by Gasteiger charge is 2.31. The molecule has 0 aromatic carbocycles. The van der Waals surface area contributed by atoms with Crippen LogP contribution < -0.4 is 0 Å². The van der Waals surface area contributed by atoms with Crippen LogP contribution in [-0.4, -0.2) is 30.6 Å². The molecule has 1 aliphatic carbocycles. The summed E-state index contributed by atoms with van der Waals surface area (Å²) in [6.45, 7) is 6.50. The van der Waals surface area contributed by atoms with Crippen molar-refractivity contribution in [1.29, 1.82) is 0 Å². The van der Waals surface area contributed by atoms with Crippen LogP contribution in [0.25, 0.3) is 0 Å². The van der Waals surface area contributed by atoms with Gasteiger partial charge in [0, 0.05) is 6.61 Å². The van der Waals surface area contributed by atoms with E-state index in [1.807, 2.05) is 20.8 Å². The van der Waals surface area contributed by atoms with Crippen LogP contribution in [0.1, 0.15) is 78.6 Å². The minimum absolute atomic E-state index is 0.0572. The zero-order chi connectivity index (χ0) is 16.0. The van der Waals surface area contributed by atoms with Crippen LogP contribution in [0.2, 0.25) is 0 Å². The molecule has 1 saturated heterocycles. The number of rotatable bonds is 5. The van der Waals surface area contributed by atoms with E-state index >= 15 is 0 Å². The quantitative estimate of drug-likeness (QED) is 0.713. The lowest BCUT2D eigenvalue weighted by atomic mass is 9.84. The molecule has 0 spiro atoms. The van der Waals surface area contributed by atoms with Gasteiger partial charge in [0.1, 0.15) is 5.60 Å². The Morgan fingerprint density at radius 3 is 2.36 bits per heavy atom. The summed E-state index contributed by atoms with van der Waals surface area (Å²) in [6, 6.07) is 0. The highest BCUT2D eigenvalue weighted by atomic mass is 16.7. The van der Waals surface area contributed by atoms with Crippen molar-refractivity contribution in [2.45, 2.75) is 96.6 Å². The molecular formula is C18H32O4. The molecule has 2 aliphatic rings. The van der Waals surface area contributed by atoms with Crippen LogP contribution in [0.5, 0.6) is 0 Å². The summed E-state index contributed by atoms with van der Waals surface area (Å²) < 4.78 is 17.4. The monoisotopic (exact) mass is 312 g/mol. The van der Waals surface area contributed by atoms with Gasteiger partial charge in [-0.1, -0.05) is 19.3 Å². The van der Waals surface area contributed by atoms with Crippen LogP contribution in [0.4, 0.5) is 0 Å². The summed E-state index contributed by atoms with van der Waals surface area (Å²) >= 11 is 0. The molecule has 22 heavy (non-hydrogen) atoms. The Morgan fingerprint density at radius 2 is 1.77 bits per heavy atom. The number of ether oxygens (including phenoxy) is 3. The maximum absolute atomic E-state index is 12.2. The first-order valence-electron chi connectivity index (χ1n) is 8.93. The molecule has 128 valence electrons. The molecule has 4 nitrogen and oxygen atoms in total.